The third kappa shape index (κ3) is 5.13. The maximum atomic E-state index is 13.1. The van der Waals surface area contributed by atoms with E-state index in [1.54, 1.807) is 13.2 Å². The van der Waals surface area contributed by atoms with Gasteiger partial charge in [0.1, 0.15) is 18.1 Å². The summed E-state index contributed by atoms with van der Waals surface area (Å²) in [6, 6.07) is 13.4. The van der Waals surface area contributed by atoms with Gasteiger partial charge in [-0.25, -0.2) is 0 Å². The smallest absolute Gasteiger partial charge is 0.223 e. The highest BCUT2D eigenvalue weighted by Crippen LogP contribution is 2.32. The summed E-state index contributed by atoms with van der Waals surface area (Å²) in [7, 11) is 1.64. The molecular formula is C24H27ClN2O4. The number of hydrogen-bond donors (Lipinski definition) is 1. The van der Waals surface area contributed by atoms with Gasteiger partial charge >= 0.3 is 0 Å². The molecule has 2 aromatic carbocycles. The van der Waals surface area contributed by atoms with E-state index >= 15 is 0 Å². The van der Waals surface area contributed by atoms with Gasteiger partial charge in [0.15, 0.2) is 0 Å². The number of halogens is 1. The first-order chi connectivity index (χ1) is 15.0. The largest absolute Gasteiger partial charge is 0.497 e. The summed E-state index contributed by atoms with van der Waals surface area (Å²) in [6.45, 7) is 1.45. The predicted octanol–water partition coefficient (Wildman–Crippen LogP) is 3.74. The fraction of sp³-hybridized carbons (Fsp3) is 0.417. The summed E-state index contributed by atoms with van der Waals surface area (Å²) in [5.41, 5.74) is 1.59. The number of nitrogens with one attached hydrogen (secondary N) is 1. The van der Waals surface area contributed by atoms with Crippen molar-refractivity contribution in [2.24, 2.45) is 0 Å². The van der Waals surface area contributed by atoms with Gasteiger partial charge in [-0.05, 0) is 55.2 Å². The third-order valence-electron chi connectivity index (χ3n) is 6.08. The number of amides is 2. The Balaban J connectivity index is 1.44. The first kappa shape index (κ1) is 21.5. The van der Waals surface area contributed by atoms with Gasteiger partial charge in [0, 0.05) is 35.5 Å². The zero-order valence-corrected chi connectivity index (χ0v) is 18.4. The van der Waals surface area contributed by atoms with Crippen molar-refractivity contribution >= 4 is 23.4 Å². The number of benzene rings is 2. The summed E-state index contributed by atoms with van der Waals surface area (Å²) in [5.74, 6) is 1.66. The molecule has 164 valence electrons. The number of rotatable bonds is 6. The molecular weight excluding hydrogens is 416 g/mol. The lowest BCUT2D eigenvalue weighted by Crippen LogP contribution is -2.45. The Hall–Kier alpha value is -2.73. The molecule has 6 nitrogen and oxygen atoms in total. The molecule has 1 saturated heterocycles. The van der Waals surface area contributed by atoms with Crippen molar-refractivity contribution in [2.45, 2.75) is 44.2 Å². The van der Waals surface area contributed by atoms with Crippen molar-refractivity contribution in [3.05, 3.63) is 58.6 Å². The number of hydrogen-bond acceptors (Lipinski definition) is 4. The van der Waals surface area contributed by atoms with E-state index in [-0.39, 0.29) is 11.8 Å². The fourth-order valence-electron chi connectivity index (χ4n) is 4.44. The van der Waals surface area contributed by atoms with Gasteiger partial charge in [0.2, 0.25) is 11.8 Å². The molecule has 0 radical (unpaired) electrons. The molecule has 0 aromatic heterocycles. The quantitative estimate of drug-likeness (QED) is 0.740. The number of ether oxygens (including phenoxy) is 2. The maximum absolute atomic E-state index is 13.1. The summed E-state index contributed by atoms with van der Waals surface area (Å²) >= 11 is 6.13. The van der Waals surface area contributed by atoms with Crippen LogP contribution in [0.2, 0.25) is 5.02 Å². The highest BCUT2D eigenvalue weighted by Gasteiger charge is 2.38. The SMILES string of the molecule is COc1cccc(CC2(CCC(=O)N3CCOc4ccc(Cl)cc4C3)CCC(=O)N2)c1. The van der Waals surface area contributed by atoms with Crippen LogP contribution in [0.5, 0.6) is 11.5 Å². The minimum absolute atomic E-state index is 0.0436. The molecule has 2 aliphatic rings. The number of carbonyl (C=O) groups is 2. The predicted molar refractivity (Wildman–Crippen MR) is 118 cm³/mol. The van der Waals surface area contributed by atoms with E-state index in [0.717, 1.165) is 29.0 Å². The van der Waals surface area contributed by atoms with Crippen molar-refractivity contribution in [1.29, 1.82) is 0 Å². The second-order valence-electron chi connectivity index (χ2n) is 8.27. The molecule has 1 fully saturated rings. The van der Waals surface area contributed by atoms with Crippen LogP contribution in [0, 0.1) is 0 Å². The van der Waals surface area contributed by atoms with Crippen LogP contribution >= 0.6 is 11.6 Å². The van der Waals surface area contributed by atoms with E-state index in [9.17, 15) is 9.59 Å². The second kappa shape index (κ2) is 9.18. The molecule has 1 N–H and O–H groups in total. The lowest BCUT2D eigenvalue weighted by molar-refractivity contribution is -0.132. The summed E-state index contributed by atoms with van der Waals surface area (Å²) < 4.78 is 11.1. The summed E-state index contributed by atoms with van der Waals surface area (Å²) in [4.78, 5) is 27.0. The molecule has 1 unspecified atom stereocenters. The standard InChI is InChI=1S/C24H27ClN2O4/c1-30-20-4-2-3-17(13-20)15-24(9-7-22(28)26-24)10-8-23(29)27-11-12-31-21-6-5-19(25)14-18(21)16-27/h2-6,13-14H,7-12,15-16H2,1H3,(H,26,28). The molecule has 2 heterocycles. The average Bonchev–Trinajstić information content (AvgIpc) is 2.99. The van der Waals surface area contributed by atoms with Crippen LogP contribution in [-0.4, -0.2) is 42.5 Å². The van der Waals surface area contributed by atoms with Gasteiger partial charge < -0.3 is 19.7 Å². The van der Waals surface area contributed by atoms with E-state index in [4.69, 9.17) is 21.1 Å². The first-order valence-corrected chi connectivity index (χ1v) is 11.0. The van der Waals surface area contributed by atoms with E-state index in [0.29, 0.717) is 50.4 Å². The van der Waals surface area contributed by atoms with Crippen LogP contribution < -0.4 is 14.8 Å². The van der Waals surface area contributed by atoms with Crippen molar-refractivity contribution in [1.82, 2.24) is 10.2 Å². The lowest BCUT2D eigenvalue weighted by Gasteiger charge is -2.30. The molecule has 31 heavy (non-hydrogen) atoms. The van der Waals surface area contributed by atoms with E-state index < -0.39 is 5.54 Å². The van der Waals surface area contributed by atoms with Crippen LogP contribution in [0.15, 0.2) is 42.5 Å². The number of carbonyl (C=O) groups excluding carboxylic acids is 2. The van der Waals surface area contributed by atoms with Gasteiger partial charge in [-0.3, -0.25) is 9.59 Å². The van der Waals surface area contributed by atoms with Crippen molar-refractivity contribution in [2.75, 3.05) is 20.3 Å². The fourth-order valence-corrected chi connectivity index (χ4v) is 4.63. The topological polar surface area (TPSA) is 67.9 Å². The third-order valence-corrected chi connectivity index (χ3v) is 6.32. The minimum atomic E-state index is -0.414. The second-order valence-corrected chi connectivity index (χ2v) is 8.71. The Morgan fingerprint density at radius 1 is 1.29 bits per heavy atom. The highest BCUT2D eigenvalue weighted by molar-refractivity contribution is 6.30. The van der Waals surface area contributed by atoms with Gasteiger partial charge in [0.25, 0.3) is 0 Å². The highest BCUT2D eigenvalue weighted by atomic mass is 35.5. The molecule has 4 rings (SSSR count). The molecule has 0 aliphatic carbocycles. The monoisotopic (exact) mass is 442 g/mol. The Morgan fingerprint density at radius 2 is 2.16 bits per heavy atom. The maximum Gasteiger partial charge on any atom is 0.223 e. The van der Waals surface area contributed by atoms with Crippen molar-refractivity contribution < 1.29 is 19.1 Å². The van der Waals surface area contributed by atoms with Crippen LogP contribution in [0.1, 0.15) is 36.8 Å². The number of fused-ring (bicyclic) bond motifs is 1. The Bertz CT molecular complexity index is 980. The van der Waals surface area contributed by atoms with Crippen molar-refractivity contribution in [3.63, 3.8) is 0 Å². The molecule has 2 aliphatic heterocycles. The van der Waals surface area contributed by atoms with E-state index in [1.165, 1.54) is 0 Å². The number of nitrogens with zero attached hydrogens (tertiary/aromatic N) is 1. The Labute approximate surface area is 187 Å². The summed E-state index contributed by atoms with van der Waals surface area (Å²) in [6.07, 6.45) is 2.83. The van der Waals surface area contributed by atoms with E-state index in [1.807, 2.05) is 41.3 Å². The van der Waals surface area contributed by atoms with Crippen molar-refractivity contribution in [3.8, 4) is 11.5 Å². The van der Waals surface area contributed by atoms with Crippen LogP contribution in [0.3, 0.4) is 0 Å². The molecule has 1 atom stereocenters. The van der Waals surface area contributed by atoms with E-state index in [2.05, 4.69) is 5.32 Å². The molecule has 2 amide bonds. The molecule has 7 heteroatoms. The van der Waals surface area contributed by atoms with Crippen LogP contribution in [0.25, 0.3) is 0 Å². The lowest BCUT2D eigenvalue weighted by atomic mass is 9.84. The average molecular weight is 443 g/mol. The Kier molecular flexibility index (Phi) is 6.37. The Morgan fingerprint density at radius 3 is 2.94 bits per heavy atom. The molecule has 0 spiro atoms. The molecule has 2 aromatic rings. The van der Waals surface area contributed by atoms with Gasteiger partial charge in [-0.2, -0.15) is 0 Å². The number of methoxy groups -OCH3 is 1. The van der Waals surface area contributed by atoms with Crippen LogP contribution in [-0.2, 0) is 22.6 Å². The zero-order chi connectivity index (χ0) is 21.8. The van der Waals surface area contributed by atoms with Gasteiger partial charge in [-0.1, -0.05) is 23.7 Å². The molecule has 0 saturated carbocycles. The zero-order valence-electron chi connectivity index (χ0n) is 17.7. The first-order valence-electron chi connectivity index (χ1n) is 10.6. The normalized spacial score (nSPS) is 20.5. The summed E-state index contributed by atoms with van der Waals surface area (Å²) in [5, 5.41) is 3.78. The van der Waals surface area contributed by atoms with Crippen LogP contribution in [0.4, 0.5) is 0 Å². The minimum Gasteiger partial charge on any atom is -0.497 e. The van der Waals surface area contributed by atoms with Gasteiger partial charge in [0.05, 0.1) is 13.7 Å². The van der Waals surface area contributed by atoms with Gasteiger partial charge in [-0.15, -0.1) is 0 Å². The molecule has 0 bridgehead atoms.